The van der Waals surface area contributed by atoms with Crippen LogP contribution in [-0.4, -0.2) is 27.1 Å². The minimum absolute atomic E-state index is 0.0506. The largest absolute Gasteiger partial charge is 0.378 e. The second kappa shape index (κ2) is 6.87. The highest BCUT2D eigenvalue weighted by Gasteiger charge is 2.02. The molecule has 0 aromatic heterocycles. The van der Waals surface area contributed by atoms with Crippen molar-refractivity contribution in [3.05, 3.63) is 29.8 Å². The van der Waals surface area contributed by atoms with Crippen molar-refractivity contribution < 1.29 is 4.79 Å². The molecule has 1 N–H and O–H groups in total. The van der Waals surface area contributed by atoms with Gasteiger partial charge in [-0.1, -0.05) is 13.8 Å². The minimum Gasteiger partial charge on any atom is -0.378 e. The van der Waals surface area contributed by atoms with E-state index in [4.69, 9.17) is 0 Å². The predicted octanol–water partition coefficient (Wildman–Crippen LogP) is 2.14. The lowest BCUT2D eigenvalue weighted by Crippen LogP contribution is -2.17. The Kier molecular flexibility index (Phi) is 6.18. The Hall–Kier alpha value is -1.51. The molecule has 0 heterocycles. The minimum atomic E-state index is -0.0506. The van der Waals surface area contributed by atoms with Crippen LogP contribution in [0, 0.1) is 0 Å². The van der Waals surface area contributed by atoms with Crippen molar-refractivity contribution in [3.8, 4) is 0 Å². The topological polar surface area (TPSA) is 32.3 Å². The molecule has 1 aromatic rings. The third kappa shape index (κ3) is 4.02. The van der Waals surface area contributed by atoms with E-state index in [-0.39, 0.29) is 5.91 Å². The molecule has 0 aliphatic carbocycles. The molecule has 0 unspecified atom stereocenters. The number of amides is 1. The maximum atomic E-state index is 11.2. The molecule has 0 aliphatic heterocycles. The molecule has 0 saturated carbocycles. The monoisotopic (exact) mass is 208 g/mol. The smallest absolute Gasteiger partial charge is 0.251 e. The number of hydrogen-bond acceptors (Lipinski definition) is 2. The first kappa shape index (κ1) is 13.5. The molecule has 0 aliphatic rings. The average Bonchev–Trinajstić information content (AvgIpc) is 2.31. The molecule has 3 nitrogen and oxygen atoms in total. The summed E-state index contributed by atoms with van der Waals surface area (Å²) >= 11 is 0. The highest BCUT2D eigenvalue weighted by atomic mass is 16.1. The standard InChI is InChI=1S/C10H14N2O.C2H6/c1-11-10(13)8-4-6-9(7-5-8)12(2)3;1-2/h4-7H,1-3H3,(H,11,13);1-2H3. The van der Waals surface area contributed by atoms with Crippen molar-refractivity contribution in [2.45, 2.75) is 13.8 Å². The molecule has 1 aromatic carbocycles. The van der Waals surface area contributed by atoms with Gasteiger partial charge in [0.1, 0.15) is 0 Å². The number of anilines is 1. The van der Waals surface area contributed by atoms with Crippen LogP contribution < -0.4 is 10.2 Å². The first-order valence-electron chi connectivity index (χ1n) is 5.14. The maximum absolute atomic E-state index is 11.2. The van der Waals surface area contributed by atoms with Crippen LogP contribution in [-0.2, 0) is 0 Å². The Morgan fingerprint density at radius 1 is 1.13 bits per heavy atom. The summed E-state index contributed by atoms with van der Waals surface area (Å²) in [6.45, 7) is 4.00. The van der Waals surface area contributed by atoms with Gasteiger partial charge in [0.2, 0.25) is 0 Å². The van der Waals surface area contributed by atoms with Crippen LogP contribution in [0.15, 0.2) is 24.3 Å². The quantitative estimate of drug-likeness (QED) is 0.807. The fourth-order valence-corrected chi connectivity index (χ4v) is 1.06. The highest BCUT2D eigenvalue weighted by Crippen LogP contribution is 2.11. The summed E-state index contributed by atoms with van der Waals surface area (Å²) in [4.78, 5) is 13.2. The molecule has 1 rings (SSSR count). The van der Waals surface area contributed by atoms with E-state index in [0.717, 1.165) is 5.69 Å². The van der Waals surface area contributed by atoms with Crippen LogP contribution >= 0.6 is 0 Å². The van der Waals surface area contributed by atoms with Gasteiger partial charge in [-0.3, -0.25) is 4.79 Å². The van der Waals surface area contributed by atoms with Gasteiger partial charge in [0, 0.05) is 32.4 Å². The second-order valence-electron chi connectivity index (χ2n) is 3.02. The number of benzene rings is 1. The van der Waals surface area contributed by atoms with Gasteiger partial charge in [-0.2, -0.15) is 0 Å². The third-order valence-corrected chi connectivity index (χ3v) is 1.87. The van der Waals surface area contributed by atoms with Gasteiger partial charge in [0.25, 0.3) is 5.91 Å². The summed E-state index contributed by atoms with van der Waals surface area (Å²) < 4.78 is 0. The van der Waals surface area contributed by atoms with Crippen LogP contribution in [0.2, 0.25) is 0 Å². The Morgan fingerprint density at radius 2 is 1.60 bits per heavy atom. The van der Waals surface area contributed by atoms with Crippen molar-refractivity contribution in [1.82, 2.24) is 5.32 Å². The van der Waals surface area contributed by atoms with Crippen LogP contribution in [0.5, 0.6) is 0 Å². The number of nitrogens with zero attached hydrogens (tertiary/aromatic N) is 1. The number of rotatable bonds is 2. The van der Waals surface area contributed by atoms with Gasteiger partial charge in [0.05, 0.1) is 0 Å². The summed E-state index contributed by atoms with van der Waals surface area (Å²) in [6, 6.07) is 7.47. The van der Waals surface area contributed by atoms with Crippen molar-refractivity contribution in [1.29, 1.82) is 0 Å². The van der Waals surface area contributed by atoms with Crippen molar-refractivity contribution in [3.63, 3.8) is 0 Å². The summed E-state index contributed by atoms with van der Waals surface area (Å²) in [5.41, 5.74) is 1.78. The molecule has 0 saturated heterocycles. The first-order valence-corrected chi connectivity index (χ1v) is 5.14. The predicted molar refractivity (Wildman–Crippen MR) is 65.5 cm³/mol. The summed E-state index contributed by atoms with van der Waals surface area (Å²) in [7, 11) is 5.56. The van der Waals surface area contributed by atoms with Crippen LogP contribution in [0.4, 0.5) is 5.69 Å². The zero-order chi connectivity index (χ0) is 11.8. The molecule has 84 valence electrons. The van der Waals surface area contributed by atoms with Gasteiger partial charge in [-0.25, -0.2) is 0 Å². The summed E-state index contributed by atoms with van der Waals surface area (Å²) in [6.07, 6.45) is 0. The lowest BCUT2D eigenvalue weighted by Gasteiger charge is -2.12. The zero-order valence-corrected chi connectivity index (χ0v) is 10.2. The molecular weight excluding hydrogens is 188 g/mol. The summed E-state index contributed by atoms with van der Waals surface area (Å²) in [5.74, 6) is -0.0506. The van der Waals surface area contributed by atoms with E-state index in [1.165, 1.54) is 0 Å². The summed E-state index contributed by atoms with van der Waals surface area (Å²) in [5, 5.41) is 2.58. The molecule has 0 radical (unpaired) electrons. The van der Waals surface area contributed by atoms with Gasteiger partial charge < -0.3 is 10.2 Å². The van der Waals surface area contributed by atoms with E-state index in [2.05, 4.69) is 5.32 Å². The molecule has 0 atom stereocenters. The van der Waals surface area contributed by atoms with Crippen molar-refractivity contribution in [2.75, 3.05) is 26.0 Å². The molecule has 3 heteroatoms. The molecule has 0 spiro atoms. The highest BCUT2D eigenvalue weighted by molar-refractivity contribution is 5.94. The lowest BCUT2D eigenvalue weighted by molar-refractivity contribution is 0.0963. The fourth-order valence-electron chi connectivity index (χ4n) is 1.06. The zero-order valence-electron chi connectivity index (χ0n) is 10.2. The Labute approximate surface area is 92.1 Å². The third-order valence-electron chi connectivity index (χ3n) is 1.87. The van der Waals surface area contributed by atoms with Crippen LogP contribution in [0.25, 0.3) is 0 Å². The van der Waals surface area contributed by atoms with E-state index in [0.29, 0.717) is 5.56 Å². The number of carbonyl (C=O) groups excluding carboxylic acids is 1. The molecule has 15 heavy (non-hydrogen) atoms. The van der Waals surface area contributed by atoms with Gasteiger partial charge in [-0.15, -0.1) is 0 Å². The van der Waals surface area contributed by atoms with E-state index in [9.17, 15) is 4.79 Å². The van der Waals surface area contributed by atoms with Crippen LogP contribution in [0.1, 0.15) is 24.2 Å². The van der Waals surface area contributed by atoms with Gasteiger partial charge >= 0.3 is 0 Å². The van der Waals surface area contributed by atoms with E-state index in [1.54, 1.807) is 7.05 Å². The molecule has 1 amide bonds. The molecular formula is C12H20N2O. The first-order chi connectivity index (χ1) is 7.15. The Bertz CT molecular complexity index is 291. The maximum Gasteiger partial charge on any atom is 0.251 e. The second-order valence-corrected chi connectivity index (χ2v) is 3.02. The molecule has 0 bridgehead atoms. The van der Waals surface area contributed by atoms with Gasteiger partial charge in [0.15, 0.2) is 0 Å². The normalized spacial score (nSPS) is 8.60. The van der Waals surface area contributed by atoms with E-state index >= 15 is 0 Å². The Morgan fingerprint density at radius 3 is 1.93 bits per heavy atom. The SMILES string of the molecule is CC.CNC(=O)c1ccc(N(C)C)cc1. The van der Waals surface area contributed by atoms with Crippen molar-refractivity contribution >= 4 is 11.6 Å². The number of nitrogens with one attached hydrogen (secondary N) is 1. The van der Waals surface area contributed by atoms with Crippen molar-refractivity contribution in [2.24, 2.45) is 0 Å². The van der Waals surface area contributed by atoms with Gasteiger partial charge in [-0.05, 0) is 24.3 Å². The fraction of sp³-hybridized carbons (Fsp3) is 0.417. The van der Waals surface area contributed by atoms with E-state index < -0.39 is 0 Å². The number of hydrogen-bond donors (Lipinski definition) is 1. The average molecular weight is 208 g/mol. The number of carbonyl (C=O) groups is 1. The van der Waals surface area contributed by atoms with Crippen LogP contribution in [0.3, 0.4) is 0 Å². The van der Waals surface area contributed by atoms with E-state index in [1.807, 2.05) is 57.1 Å². The molecule has 0 fully saturated rings. The lowest BCUT2D eigenvalue weighted by atomic mass is 10.2. The Balaban J connectivity index is 0.000000921.